The van der Waals surface area contributed by atoms with Crippen LogP contribution in [0.2, 0.25) is 5.02 Å². The van der Waals surface area contributed by atoms with Crippen molar-refractivity contribution in [2.75, 3.05) is 13.7 Å². The SMILES string of the molecule is CCOC(=O)C1=C(C(F)(F)F)N=c2s/c(=C\c3cc(Br)c(OC)c(Br)c3)c(=O)n2[C@@H]1c1ccc(Cl)cc1. The van der Waals surface area contributed by atoms with Gasteiger partial charge in [-0.3, -0.25) is 9.36 Å². The summed E-state index contributed by atoms with van der Waals surface area (Å²) in [7, 11) is 1.50. The zero-order valence-electron chi connectivity index (χ0n) is 19.0. The van der Waals surface area contributed by atoms with E-state index in [-0.39, 0.29) is 21.5 Å². The van der Waals surface area contributed by atoms with Crippen molar-refractivity contribution < 1.29 is 27.4 Å². The average Bonchev–Trinajstić information content (AvgIpc) is 3.13. The molecule has 0 N–H and O–H groups in total. The Labute approximate surface area is 233 Å². The molecule has 0 unspecified atom stereocenters. The Morgan fingerprint density at radius 2 is 1.84 bits per heavy atom. The van der Waals surface area contributed by atoms with Gasteiger partial charge in [0.2, 0.25) is 0 Å². The van der Waals surface area contributed by atoms with Crippen LogP contribution in [0.1, 0.15) is 24.1 Å². The number of alkyl halides is 3. The molecule has 0 saturated carbocycles. The van der Waals surface area contributed by atoms with Crippen LogP contribution in [0.5, 0.6) is 5.75 Å². The van der Waals surface area contributed by atoms with Crippen LogP contribution in [0.3, 0.4) is 0 Å². The molecule has 4 rings (SSSR count). The lowest BCUT2D eigenvalue weighted by molar-refractivity contribution is -0.140. The van der Waals surface area contributed by atoms with Crippen LogP contribution >= 0.6 is 54.8 Å². The molecule has 0 bridgehead atoms. The summed E-state index contributed by atoms with van der Waals surface area (Å²) < 4.78 is 55.1. The van der Waals surface area contributed by atoms with E-state index in [1.165, 1.54) is 44.4 Å². The summed E-state index contributed by atoms with van der Waals surface area (Å²) in [5, 5.41) is 0.338. The summed E-state index contributed by atoms with van der Waals surface area (Å²) in [5.74, 6) is -0.675. The van der Waals surface area contributed by atoms with E-state index in [9.17, 15) is 22.8 Å². The van der Waals surface area contributed by atoms with Crippen LogP contribution in [0.4, 0.5) is 13.2 Å². The Hall–Kier alpha value is -2.41. The number of allylic oxidation sites excluding steroid dienone is 1. The van der Waals surface area contributed by atoms with Gasteiger partial charge in [0.1, 0.15) is 5.75 Å². The number of benzene rings is 2. The summed E-state index contributed by atoms with van der Waals surface area (Å²) in [5.41, 5.74) is -1.98. The molecule has 0 fully saturated rings. The number of carbonyl (C=O) groups excluding carboxylic acids is 1. The van der Waals surface area contributed by atoms with E-state index >= 15 is 0 Å². The molecular formula is C24H16Br2ClF3N2O4S. The number of esters is 1. The Bertz CT molecular complexity index is 1570. The minimum Gasteiger partial charge on any atom is -0.494 e. The van der Waals surface area contributed by atoms with Crippen molar-refractivity contribution in [3.8, 4) is 5.75 Å². The number of methoxy groups -OCH3 is 1. The van der Waals surface area contributed by atoms with Crippen LogP contribution in [0, 0.1) is 0 Å². The molecule has 37 heavy (non-hydrogen) atoms. The molecule has 0 spiro atoms. The molecule has 1 atom stereocenters. The van der Waals surface area contributed by atoms with E-state index in [1.54, 1.807) is 12.1 Å². The van der Waals surface area contributed by atoms with Crippen LogP contribution in [0.15, 0.2) is 66.4 Å². The fraction of sp³-hybridized carbons (Fsp3) is 0.208. The number of hydrogen-bond donors (Lipinski definition) is 0. The summed E-state index contributed by atoms with van der Waals surface area (Å²) >= 11 is 13.6. The van der Waals surface area contributed by atoms with Gasteiger partial charge in [-0.15, -0.1) is 0 Å². The lowest BCUT2D eigenvalue weighted by Gasteiger charge is -2.26. The van der Waals surface area contributed by atoms with E-state index < -0.39 is 35.0 Å². The molecule has 1 aliphatic rings. The smallest absolute Gasteiger partial charge is 0.434 e. The van der Waals surface area contributed by atoms with Crippen molar-refractivity contribution in [2.24, 2.45) is 4.99 Å². The quantitative estimate of drug-likeness (QED) is 0.333. The normalized spacial score (nSPS) is 15.9. The lowest BCUT2D eigenvalue weighted by atomic mass is 9.95. The van der Waals surface area contributed by atoms with Crippen molar-refractivity contribution in [1.29, 1.82) is 0 Å². The second-order valence-electron chi connectivity index (χ2n) is 7.63. The zero-order chi connectivity index (χ0) is 27.1. The first-order valence-electron chi connectivity index (χ1n) is 10.5. The average molecular weight is 681 g/mol. The van der Waals surface area contributed by atoms with Crippen molar-refractivity contribution in [1.82, 2.24) is 4.57 Å². The molecular weight excluding hydrogens is 665 g/mol. The predicted molar refractivity (Wildman–Crippen MR) is 141 cm³/mol. The third kappa shape index (κ3) is 5.43. The Balaban J connectivity index is 2.03. The second-order valence-corrected chi connectivity index (χ2v) is 10.8. The minimum atomic E-state index is -4.98. The van der Waals surface area contributed by atoms with Gasteiger partial charge in [-0.05, 0) is 80.3 Å². The number of carbonyl (C=O) groups is 1. The van der Waals surface area contributed by atoms with Gasteiger partial charge in [-0.25, -0.2) is 9.79 Å². The van der Waals surface area contributed by atoms with E-state index in [1.807, 2.05) is 0 Å². The van der Waals surface area contributed by atoms with Gasteiger partial charge in [-0.2, -0.15) is 13.2 Å². The number of thiazole rings is 1. The first kappa shape index (κ1) is 27.6. The van der Waals surface area contributed by atoms with E-state index in [0.717, 1.165) is 15.9 Å². The highest BCUT2D eigenvalue weighted by Crippen LogP contribution is 2.39. The monoisotopic (exact) mass is 678 g/mol. The first-order valence-corrected chi connectivity index (χ1v) is 13.3. The molecule has 2 aromatic carbocycles. The maximum atomic E-state index is 14.2. The molecule has 13 heteroatoms. The largest absolute Gasteiger partial charge is 0.494 e. The predicted octanol–water partition coefficient (Wildman–Crippen LogP) is 5.53. The maximum absolute atomic E-state index is 14.2. The Morgan fingerprint density at radius 1 is 1.22 bits per heavy atom. The van der Waals surface area contributed by atoms with Crippen molar-refractivity contribution >= 4 is 66.8 Å². The third-order valence-corrected chi connectivity index (χ3v) is 7.72. The van der Waals surface area contributed by atoms with Crippen molar-refractivity contribution in [3.63, 3.8) is 0 Å². The number of halogens is 6. The number of hydrogen-bond acceptors (Lipinski definition) is 6. The molecule has 6 nitrogen and oxygen atoms in total. The molecule has 1 aromatic heterocycles. The fourth-order valence-corrected chi connectivity index (χ4v) is 6.48. The van der Waals surface area contributed by atoms with Crippen molar-refractivity contribution in [2.45, 2.75) is 19.1 Å². The highest BCUT2D eigenvalue weighted by molar-refractivity contribution is 9.11. The number of ether oxygens (including phenoxy) is 2. The van der Waals surface area contributed by atoms with Gasteiger partial charge >= 0.3 is 12.1 Å². The Kier molecular flexibility index (Phi) is 8.03. The van der Waals surface area contributed by atoms with Gasteiger partial charge in [0, 0.05) is 5.02 Å². The molecule has 2 heterocycles. The van der Waals surface area contributed by atoms with Crippen LogP contribution in [-0.4, -0.2) is 30.4 Å². The standard InChI is InChI=1S/C24H16Br2ClF3N2O4S/c1-3-36-22(34)17-18(12-4-6-13(27)7-5-12)32-21(33)16(37-23(32)31-20(17)24(28,29)30)10-11-8-14(25)19(35-2)15(26)9-11/h4-10,18H,3H2,1-2H3/b16-10-/t18-/m1/s1. The van der Waals surface area contributed by atoms with Gasteiger partial charge in [-0.1, -0.05) is 35.1 Å². The molecule has 3 aromatic rings. The summed E-state index contributed by atoms with van der Waals surface area (Å²) in [6.07, 6.45) is -3.45. The van der Waals surface area contributed by atoms with E-state index in [0.29, 0.717) is 25.3 Å². The fourth-order valence-electron chi connectivity index (χ4n) is 3.81. The topological polar surface area (TPSA) is 69.9 Å². The number of nitrogens with zero attached hydrogens (tertiary/aromatic N) is 2. The molecule has 1 aliphatic heterocycles. The number of fused-ring (bicyclic) bond motifs is 1. The van der Waals surface area contributed by atoms with Crippen LogP contribution in [0.25, 0.3) is 6.08 Å². The molecule has 0 radical (unpaired) electrons. The number of aromatic nitrogens is 1. The van der Waals surface area contributed by atoms with E-state index in [2.05, 4.69) is 36.9 Å². The van der Waals surface area contributed by atoms with Gasteiger partial charge < -0.3 is 9.47 Å². The van der Waals surface area contributed by atoms with E-state index in [4.69, 9.17) is 21.1 Å². The minimum absolute atomic E-state index is 0.119. The summed E-state index contributed by atoms with van der Waals surface area (Å²) in [4.78, 5) is 30.0. The summed E-state index contributed by atoms with van der Waals surface area (Å²) in [6.45, 7) is 1.32. The van der Waals surface area contributed by atoms with Gasteiger partial charge in [0.25, 0.3) is 5.56 Å². The first-order chi connectivity index (χ1) is 17.5. The second kappa shape index (κ2) is 10.8. The zero-order valence-corrected chi connectivity index (χ0v) is 23.8. The highest BCUT2D eigenvalue weighted by Gasteiger charge is 2.45. The van der Waals surface area contributed by atoms with Gasteiger partial charge in [0.15, 0.2) is 10.5 Å². The third-order valence-electron chi connectivity index (χ3n) is 5.30. The highest BCUT2D eigenvalue weighted by atomic mass is 79.9. The van der Waals surface area contributed by atoms with Crippen LogP contribution in [-0.2, 0) is 9.53 Å². The lowest BCUT2D eigenvalue weighted by Crippen LogP contribution is -2.41. The van der Waals surface area contributed by atoms with Gasteiger partial charge in [0.05, 0.1) is 38.8 Å². The van der Waals surface area contributed by atoms with Crippen LogP contribution < -0.4 is 19.6 Å². The molecule has 0 amide bonds. The summed E-state index contributed by atoms with van der Waals surface area (Å²) in [6, 6.07) is 7.82. The Morgan fingerprint density at radius 3 is 2.38 bits per heavy atom. The molecule has 0 saturated heterocycles. The van der Waals surface area contributed by atoms with Crippen molar-refractivity contribution in [3.05, 3.63) is 92.5 Å². The molecule has 194 valence electrons. The molecule has 0 aliphatic carbocycles. The number of rotatable bonds is 5. The maximum Gasteiger partial charge on any atom is 0.434 e.